The summed E-state index contributed by atoms with van der Waals surface area (Å²) in [5.74, 6) is -0.344. The summed E-state index contributed by atoms with van der Waals surface area (Å²) in [5, 5.41) is 3.03. The van der Waals surface area contributed by atoms with E-state index in [0.717, 1.165) is 17.7 Å². The number of carbonyl (C=O) groups excluding carboxylic acids is 2. The average Bonchev–Trinajstić information content (AvgIpc) is 2.28. The predicted octanol–water partition coefficient (Wildman–Crippen LogP) is 0.561. The summed E-state index contributed by atoms with van der Waals surface area (Å²) in [7, 11) is 3.38. The van der Waals surface area contributed by atoms with Crippen molar-refractivity contribution in [3.63, 3.8) is 0 Å². The Morgan fingerprint density at radius 2 is 2.12 bits per heavy atom. The van der Waals surface area contributed by atoms with Gasteiger partial charge in [0.25, 0.3) is 5.91 Å². The molecule has 1 aliphatic rings. The van der Waals surface area contributed by atoms with Crippen molar-refractivity contribution in [3.8, 4) is 0 Å². The van der Waals surface area contributed by atoms with E-state index in [1.54, 1.807) is 0 Å². The first kappa shape index (κ1) is 10.8. The molecule has 0 bridgehead atoms. The van der Waals surface area contributed by atoms with E-state index in [4.69, 9.17) is 0 Å². The highest BCUT2D eigenvalue weighted by molar-refractivity contribution is 6.09. The van der Waals surface area contributed by atoms with Gasteiger partial charge in [-0.05, 0) is 24.2 Å². The molecule has 1 N–H and O–H groups in total. The zero-order chi connectivity index (χ0) is 11.7. The van der Waals surface area contributed by atoms with Gasteiger partial charge in [-0.1, -0.05) is 12.1 Å². The SMILES string of the molecule is CNCc1ccc2c(c1)C(=O)N(C)C(=O)C2. The molecule has 0 unspecified atom stereocenters. The smallest absolute Gasteiger partial charge is 0.260 e. The van der Waals surface area contributed by atoms with Crippen LogP contribution in [0.5, 0.6) is 0 Å². The van der Waals surface area contributed by atoms with Gasteiger partial charge in [0.2, 0.25) is 5.91 Å². The number of nitrogens with one attached hydrogen (secondary N) is 1. The highest BCUT2D eigenvalue weighted by atomic mass is 16.2. The lowest BCUT2D eigenvalue weighted by molar-refractivity contribution is -0.127. The van der Waals surface area contributed by atoms with Crippen molar-refractivity contribution in [2.45, 2.75) is 13.0 Å². The highest BCUT2D eigenvalue weighted by Crippen LogP contribution is 2.20. The average molecular weight is 218 g/mol. The molecule has 1 aliphatic heterocycles. The van der Waals surface area contributed by atoms with Crippen LogP contribution in [0.4, 0.5) is 0 Å². The minimum atomic E-state index is -0.204. The molecule has 0 aliphatic carbocycles. The Kier molecular flexibility index (Phi) is 2.75. The minimum Gasteiger partial charge on any atom is -0.316 e. The summed E-state index contributed by atoms with van der Waals surface area (Å²) < 4.78 is 0. The number of hydrogen-bond acceptors (Lipinski definition) is 3. The molecular formula is C12H14N2O2. The topological polar surface area (TPSA) is 49.4 Å². The molecule has 0 saturated carbocycles. The molecule has 4 heteroatoms. The zero-order valence-corrected chi connectivity index (χ0v) is 9.41. The second-order valence-electron chi connectivity index (χ2n) is 3.96. The molecule has 0 spiro atoms. The molecule has 2 amide bonds. The number of amides is 2. The quantitative estimate of drug-likeness (QED) is 0.738. The van der Waals surface area contributed by atoms with Gasteiger partial charge in [-0.3, -0.25) is 14.5 Å². The van der Waals surface area contributed by atoms with Crippen LogP contribution in [-0.4, -0.2) is 30.8 Å². The summed E-state index contributed by atoms with van der Waals surface area (Å²) in [5.41, 5.74) is 2.53. The van der Waals surface area contributed by atoms with E-state index in [9.17, 15) is 9.59 Å². The van der Waals surface area contributed by atoms with Crippen molar-refractivity contribution >= 4 is 11.8 Å². The lowest BCUT2D eigenvalue weighted by Gasteiger charge is -2.23. The maximum Gasteiger partial charge on any atom is 0.260 e. The first-order chi connectivity index (χ1) is 7.63. The van der Waals surface area contributed by atoms with E-state index < -0.39 is 0 Å². The monoisotopic (exact) mass is 218 g/mol. The van der Waals surface area contributed by atoms with Crippen LogP contribution in [0.2, 0.25) is 0 Å². The number of nitrogens with zero attached hydrogens (tertiary/aromatic N) is 1. The third kappa shape index (κ3) is 1.72. The fourth-order valence-electron chi connectivity index (χ4n) is 1.87. The third-order valence-electron chi connectivity index (χ3n) is 2.81. The van der Waals surface area contributed by atoms with E-state index in [1.165, 1.54) is 11.9 Å². The molecular weight excluding hydrogens is 204 g/mol. The van der Waals surface area contributed by atoms with Gasteiger partial charge in [0.15, 0.2) is 0 Å². The van der Waals surface area contributed by atoms with E-state index in [2.05, 4.69) is 5.32 Å². The van der Waals surface area contributed by atoms with Gasteiger partial charge in [0, 0.05) is 19.2 Å². The Hall–Kier alpha value is -1.68. The van der Waals surface area contributed by atoms with Crippen molar-refractivity contribution in [1.82, 2.24) is 10.2 Å². The Labute approximate surface area is 94.2 Å². The number of likely N-dealkylation sites (N-methyl/N-ethyl adjacent to an activating group) is 1. The summed E-state index contributed by atoms with van der Waals surface area (Å²) in [4.78, 5) is 24.5. The van der Waals surface area contributed by atoms with Crippen LogP contribution in [0.1, 0.15) is 21.5 Å². The molecule has 0 saturated heterocycles. The molecule has 16 heavy (non-hydrogen) atoms. The van der Waals surface area contributed by atoms with Gasteiger partial charge in [-0.2, -0.15) is 0 Å². The number of benzene rings is 1. The van der Waals surface area contributed by atoms with Crippen molar-refractivity contribution < 1.29 is 9.59 Å². The third-order valence-corrected chi connectivity index (χ3v) is 2.81. The number of rotatable bonds is 2. The van der Waals surface area contributed by atoms with Crippen molar-refractivity contribution in [3.05, 3.63) is 34.9 Å². The normalized spacial score (nSPS) is 15.2. The molecule has 1 aromatic rings. The first-order valence-corrected chi connectivity index (χ1v) is 5.20. The molecule has 1 aromatic carbocycles. The van der Waals surface area contributed by atoms with Gasteiger partial charge >= 0.3 is 0 Å². The lowest BCUT2D eigenvalue weighted by atomic mass is 9.96. The Balaban J connectivity index is 2.42. The molecule has 0 aromatic heterocycles. The molecule has 84 valence electrons. The van der Waals surface area contributed by atoms with E-state index in [0.29, 0.717) is 12.0 Å². The standard InChI is InChI=1S/C12H14N2O2/c1-13-7-8-3-4-9-6-11(15)14(2)12(16)10(9)5-8/h3-5,13H,6-7H2,1-2H3. The van der Waals surface area contributed by atoms with Crippen LogP contribution in [-0.2, 0) is 17.8 Å². The van der Waals surface area contributed by atoms with Crippen LogP contribution >= 0.6 is 0 Å². The minimum absolute atomic E-state index is 0.140. The Morgan fingerprint density at radius 1 is 1.38 bits per heavy atom. The fourth-order valence-corrected chi connectivity index (χ4v) is 1.87. The van der Waals surface area contributed by atoms with Crippen molar-refractivity contribution in [2.24, 2.45) is 0 Å². The largest absolute Gasteiger partial charge is 0.316 e. The maximum atomic E-state index is 11.9. The molecule has 0 radical (unpaired) electrons. The number of carbonyl (C=O) groups is 2. The van der Waals surface area contributed by atoms with Gasteiger partial charge in [-0.25, -0.2) is 0 Å². The van der Waals surface area contributed by atoms with Gasteiger partial charge < -0.3 is 5.32 Å². The number of fused-ring (bicyclic) bond motifs is 1. The van der Waals surface area contributed by atoms with E-state index in [1.807, 2.05) is 25.2 Å². The number of hydrogen-bond donors (Lipinski definition) is 1. The van der Waals surface area contributed by atoms with Crippen molar-refractivity contribution in [1.29, 1.82) is 0 Å². The molecule has 4 nitrogen and oxygen atoms in total. The highest BCUT2D eigenvalue weighted by Gasteiger charge is 2.27. The van der Waals surface area contributed by atoms with Gasteiger partial charge in [0.1, 0.15) is 0 Å². The Morgan fingerprint density at radius 3 is 2.81 bits per heavy atom. The van der Waals surface area contributed by atoms with Gasteiger partial charge in [-0.15, -0.1) is 0 Å². The first-order valence-electron chi connectivity index (χ1n) is 5.20. The Bertz CT molecular complexity index is 454. The van der Waals surface area contributed by atoms with E-state index in [-0.39, 0.29) is 11.8 Å². The maximum absolute atomic E-state index is 11.9. The van der Waals surface area contributed by atoms with Crippen LogP contribution < -0.4 is 5.32 Å². The zero-order valence-electron chi connectivity index (χ0n) is 9.41. The van der Waals surface area contributed by atoms with Gasteiger partial charge in [0.05, 0.1) is 6.42 Å². The summed E-state index contributed by atoms with van der Waals surface area (Å²) in [6.45, 7) is 0.720. The summed E-state index contributed by atoms with van der Waals surface area (Å²) in [6, 6.07) is 5.67. The molecule has 0 atom stereocenters. The van der Waals surface area contributed by atoms with Crippen LogP contribution in [0.25, 0.3) is 0 Å². The van der Waals surface area contributed by atoms with E-state index >= 15 is 0 Å². The van der Waals surface area contributed by atoms with Crippen LogP contribution in [0.3, 0.4) is 0 Å². The second-order valence-corrected chi connectivity index (χ2v) is 3.96. The predicted molar refractivity (Wildman–Crippen MR) is 60.0 cm³/mol. The van der Waals surface area contributed by atoms with Crippen LogP contribution in [0.15, 0.2) is 18.2 Å². The molecule has 1 heterocycles. The van der Waals surface area contributed by atoms with Crippen LogP contribution in [0, 0.1) is 0 Å². The van der Waals surface area contributed by atoms with Crippen molar-refractivity contribution in [2.75, 3.05) is 14.1 Å². The molecule has 0 fully saturated rings. The summed E-state index contributed by atoms with van der Waals surface area (Å²) >= 11 is 0. The molecule has 2 rings (SSSR count). The number of imide groups is 1. The lowest BCUT2D eigenvalue weighted by Crippen LogP contribution is -2.39. The second kappa shape index (κ2) is 4.06. The summed E-state index contributed by atoms with van der Waals surface area (Å²) in [6.07, 6.45) is 0.317. The fraction of sp³-hybridized carbons (Fsp3) is 0.333.